The molecule has 0 fully saturated rings. The Morgan fingerprint density at radius 2 is 2.12 bits per heavy atom. The van der Waals surface area contributed by atoms with Gasteiger partial charge in [-0.1, -0.05) is 0 Å². The first-order valence-corrected chi connectivity index (χ1v) is 2.11. The molecular weight excluding hydrogens is 106 g/mol. The molecule has 4 nitrogen and oxygen atoms in total. The molecule has 0 aliphatic rings. The smallest absolute Gasteiger partial charge is 0.245 e. The normalized spacial score (nSPS) is 10.9. The lowest BCUT2D eigenvalue weighted by molar-refractivity contribution is -0.113. The first kappa shape index (κ1) is 6.81. The maximum absolute atomic E-state index is 9.99. The number of hydrogen-bond acceptors (Lipinski definition) is 3. The lowest BCUT2D eigenvalue weighted by Crippen LogP contribution is -2.18. The third-order valence-corrected chi connectivity index (χ3v) is 0.586. The summed E-state index contributed by atoms with van der Waals surface area (Å²) in [5.74, 6) is -0.269. The lowest BCUT2D eigenvalue weighted by Gasteiger charge is -1.93. The van der Waals surface area contributed by atoms with Gasteiger partial charge in [0.2, 0.25) is 5.91 Å². The van der Waals surface area contributed by atoms with Crippen LogP contribution in [-0.4, -0.2) is 13.0 Å². The summed E-state index contributed by atoms with van der Waals surface area (Å²) in [6.07, 6.45) is 1.11. The number of carbonyl (C=O) groups is 1. The second kappa shape index (κ2) is 2.90. The fourth-order valence-corrected chi connectivity index (χ4v) is 0.225. The van der Waals surface area contributed by atoms with Crippen LogP contribution in [0.1, 0.15) is 0 Å². The average molecular weight is 115 g/mol. The van der Waals surface area contributed by atoms with E-state index in [0.717, 1.165) is 6.08 Å². The van der Waals surface area contributed by atoms with Crippen LogP contribution in [0.4, 0.5) is 0 Å². The van der Waals surface area contributed by atoms with E-state index >= 15 is 0 Å². The van der Waals surface area contributed by atoms with Gasteiger partial charge in [0, 0.05) is 13.1 Å². The molecule has 0 aliphatic heterocycles. The minimum absolute atomic E-state index is 0.275. The van der Waals surface area contributed by atoms with Gasteiger partial charge in [-0.15, -0.1) is 0 Å². The Bertz CT molecular complexity index is 118. The number of nitrogens with one attached hydrogen (secondary N) is 1. The van der Waals surface area contributed by atoms with Crippen LogP contribution in [0.2, 0.25) is 0 Å². The van der Waals surface area contributed by atoms with Crippen molar-refractivity contribution in [3.05, 3.63) is 11.9 Å². The van der Waals surface area contributed by atoms with Crippen LogP contribution in [0.25, 0.3) is 0 Å². The molecule has 5 N–H and O–H groups in total. The molecule has 0 radical (unpaired) electrons. The highest BCUT2D eigenvalue weighted by molar-refractivity contribution is 5.86. The lowest BCUT2D eigenvalue weighted by atomic mass is 10.5. The summed E-state index contributed by atoms with van der Waals surface area (Å²) in [5, 5.41) is 2.53. The highest BCUT2D eigenvalue weighted by Crippen LogP contribution is 1.70. The van der Waals surface area contributed by atoms with Crippen molar-refractivity contribution < 1.29 is 4.79 Å². The van der Waals surface area contributed by atoms with Gasteiger partial charge in [0.15, 0.2) is 0 Å². The highest BCUT2D eigenvalue weighted by atomic mass is 16.1. The zero-order chi connectivity index (χ0) is 6.57. The van der Waals surface area contributed by atoms with E-state index in [0.29, 0.717) is 0 Å². The first-order chi connectivity index (χ1) is 3.66. The standard InChI is InChI=1S/C4H9N3O/c1-7-3(5)2-4(6)8/h2,7H,5H2,1H3,(H2,6,8). The minimum atomic E-state index is -0.545. The van der Waals surface area contributed by atoms with E-state index < -0.39 is 5.91 Å². The topological polar surface area (TPSA) is 81.1 Å². The van der Waals surface area contributed by atoms with Gasteiger partial charge in [-0.05, 0) is 0 Å². The largest absolute Gasteiger partial charge is 0.385 e. The molecule has 0 aromatic rings. The average Bonchev–Trinajstić information content (AvgIpc) is 1.65. The summed E-state index contributed by atoms with van der Waals surface area (Å²) in [7, 11) is 1.61. The third kappa shape index (κ3) is 3.02. The van der Waals surface area contributed by atoms with E-state index in [9.17, 15) is 4.79 Å². The number of amides is 1. The van der Waals surface area contributed by atoms with E-state index in [1.54, 1.807) is 7.05 Å². The Labute approximate surface area is 47.5 Å². The van der Waals surface area contributed by atoms with Gasteiger partial charge in [-0.2, -0.15) is 0 Å². The fourth-order valence-electron chi connectivity index (χ4n) is 0.225. The Hall–Kier alpha value is -1.19. The molecule has 0 unspecified atom stereocenters. The molecule has 8 heavy (non-hydrogen) atoms. The highest BCUT2D eigenvalue weighted by Gasteiger charge is 1.85. The second-order valence-electron chi connectivity index (χ2n) is 1.25. The zero-order valence-corrected chi connectivity index (χ0v) is 4.64. The molecule has 0 atom stereocenters. The van der Waals surface area contributed by atoms with Crippen LogP contribution in [0.5, 0.6) is 0 Å². The van der Waals surface area contributed by atoms with Gasteiger partial charge in [-0.25, -0.2) is 0 Å². The molecule has 0 saturated carbocycles. The van der Waals surface area contributed by atoms with E-state index in [1.807, 2.05) is 0 Å². The summed E-state index contributed by atoms with van der Waals surface area (Å²) in [5.41, 5.74) is 9.86. The Morgan fingerprint density at radius 1 is 1.62 bits per heavy atom. The Kier molecular flexibility index (Phi) is 2.47. The minimum Gasteiger partial charge on any atom is -0.385 e. The summed E-state index contributed by atoms with van der Waals surface area (Å²) in [6, 6.07) is 0. The summed E-state index contributed by atoms with van der Waals surface area (Å²) < 4.78 is 0. The number of carbonyl (C=O) groups excluding carboxylic acids is 1. The number of hydrogen-bond donors (Lipinski definition) is 3. The van der Waals surface area contributed by atoms with Crippen molar-refractivity contribution in [1.82, 2.24) is 5.32 Å². The maximum atomic E-state index is 9.99. The third-order valence-electron chi connectivity index (χ3n) is 0.586. The monoisotopic (exact) mass is 115 g/mol. The van der Waals surface area contributed by atoms with Crippen molar-refractivity contribution >= 4 is 5.91 Å². The van der Waals surface area contributed by atoms with Gasteiger partial charge in [0.05, 0.1) is 0 Å². The maximum Gasteiger partial charge on any atom is 0.245 e. The van der Waals surface area contributed by atoms with Crippen molar-refractivity contribution in [2.75, 3.05) is 7.05 Å². The van der Waals surface area contributed by atoms with Crippen molar-refractivity contribution in [2.24, 2.45) is 11.5 Å². The molecule has 0 spiro atoms. The quantitative estimate of drug-likeness (QED) is 0.383. The van der Waals surface area contributed by atoms with Gasteiger partial charge in [0.25, 0.3) is 0 Å². The van der Waals surface area contributed by atoms with Crippen LogP contribution in [0.3, 0.4) is 0 Å². The van der Waals surface area contributed by atoms with Crippen molar-refractivity contribution in [1.29, 1.82) is 0 Å². The summed E-state index contributed by atoms with van der Waals surface area (Å²) >= 11 is 0. The fraction of sp³-hybridized carbons (Fsp3) is 0.250. The molecule has 0 rings (SSSR count). The van der Waals surface area contributed by atoms with Crippen molar-refractivity contribution in [2.45, 2.75) is 0 Å². The van der Waals surface area contributed by atoms with Crippen LogP contribution >= 0.6 is 0 Å². The molecule has 4 heteroatoms. The van der Waals surface area contributed by atoms with Crippen LogP contribution < -0.4 is 16.8 Å². The van der Waals surface area contributed by atoms with Crippen LogP contribution in [0, 0.1) is 0 Å². The molecule has 0 heterocycles. The number of primary amides is 1. The molecule has 0 saturated heterocycles. The van der Waals surface area contributed by atoms with Crippen molar-refractivity contribution in [3.8, 4) is 0 Å². The molecule has 1 amide bonds. The van der Waals surface area contributed by atoms with Gasteiger partial charge < -0.3 is 16.8 Å². The number of nitrogens with two attached hydrogens (primary N) is 2. The SMILES string of the molecule is CNC(N)=CC(N)=O. The van der Waals surface area contributed by atoms with Gasteiger partial charge in [-0.3, -0.25) is 4.79 Å². The molecule has 46 valence electrons. The Balaban J connectivity index is 3.75. The van der Waals surface area contributed by atoms with E-state index in [-0.39, 0.29) is 5.82 Å². The first-order valence-electron chi connectivity index (χ1n) is 2.11. The van der Waals surface area contributed by atoms with Gasteiger partial charge in [0.1, 0.15) is 5.82 Å². The predicted molar refractivity (Wildman–Crippen MR) is 30.5 cm³/mol. The van der Waals surface area contributed by atoms with E-state index in [2.05, 4.69) is 5.32 Å². The second-order valence-corrected chi connectivity index (χ2v) is 1.25. The van der Waals surface area contributed by atoms with E-state index in [4.69, 9.17) is 11.5 Å². The molecular formula is C4H9N3O. The van der Waals surface area contributed by atoms with Gasteiger partial charge >= 0.3 is 0 Å². The predicted octanol–water partition coefficient (Wildman–Crippen LogP) is -1.51. The summed E-state index contributed by atoms with van der Waals surface area (Å²) in [6.45, 7) is 0. The zero-order valence-electron chi connectivity index (χ0n) is 4.64. The Morgan fingerprint density at radius 3 is 2.25 bits per heavy atom. The van der Waals surface area contributed by atoms with E-state index in [1.165, 1.54) is 0 Å². The van der Waals surface area contributed by atoms with Crippen LogP contribution in [-0.2, 0) is 4.79 Å². The molecule has 0 aromatic heterocycles. The molecule has 0 aliphatic carbocycles. The van der Waals surface area contributed by atoms with Crippen LogP contribution in [0.15, 0.2) is 11.9 Å². The van der Waals surface area contributed by atoms with Crippen molar-refractivity contribution in [3.63, 3.8) is 0 Å². The molecule has 0 aromatic carbocycles. The molecule has 0 bridgehead atoms. The summed E-state index contributed by atoms with van der Waals surface area (Å²) in [4.78, 5) is 9.99. The number of rotatable bonds is 2.